The van der Waals surface area contributed by atoms with Gasteiger partial charge in [-0.2, -0.15) is 4.31 Å². The first-order chi connectivity index (χ1) is 12.1. The first-order valence-electron chi connectivity index (χ1n) is 8.23. The lowest BCUT2D eigenvalue weighted by atomic mass is 10.2. The molecule has 1 aliphatic rings. The van der Waals surface area contributed by atoms with E-state index in [1.165, 1.54) is 21.8 Å². The summed E-state index contributed by atoms with van der Waals surface area (Å²) in [7, 11) is -3.40. The van der Waals surface area contributed by atoms with Crippen LogP contribution in [0.5, 0.6) is 0 Å². The Morgan fingerprint density at radius 3 is 2.68 bits per heavy atom. The second-order valence-corrected chi connectivity index (χ2v) is 9.80. The van der Waals surface area contributed by atoms with Crippen LogP contribution in [0.4, 0.5) is 0 Å². The molecular formula is C17H20N2O3S3. The average molecular weight is 397 g/mol. The molecule has 2 aromatic rings. The number of carbonyl (C=O) groups is 1. The number of nitrogens with zero attached hydrogens (tertiary/aromatic N) is 2. The molecule has 3 rings (SSSR count). The van der Waals surface area contributed by atoms with E-state index in [4.69, 9.17) is 0 Å². The Morgan fingerprint density at radius 1 is 1.24 bits per heavy atom. The molecule has 0 unspecified atom stereocenters. The summed E-state index contributed by atoms with van der Waals surface area (Å²) < 4.78 is 26.4. The van der Waals surface area contributed by atoms with E-state index in [1.54, 1.807) is 23.9 Å². The highest BCUT2D eigenvalue weighted by molar-refractivity contribution is 7.99. The second kappa shape index (κ2) is 8.44. The van der Waals surface area contributed by atoms with E-state index in [0.29, 0.717) is 19.5 Å². The van der Waals surface area contributed by atoms with E-state index < -0.39 is 10.0 Å². The molecule has 0 N–H and O–H groups in total. The lowest BCUT2D eigenvalue weighted by Gasteiger charge is -2.15. The molecule has 134 valence electrons. The van der Waals surface area contributed by atoms with Crippen LogP contribution >= 0.6 is 23.1 Å². The fraction of sp³-hybridized carbons (Fsp3) is 0.412. The monoisotopic (exact) mass is 396 g/mol. The van der Waals surface area contributed by atoms with Gasteiger partial charge in [0.15, 0.2) is 5.78 Å². The number of sulfonamides is 1. The van der Waals surface area contributed by atoms with Crippen LogP contribution in [-0.2, 0) is 10.0 Å². The summed E-state index contributed by atoms with van der Waals surface area (Å²) in [5, 5.41) is 2.69. The van der Waals surface area contributed by atoms with Gasteiger partial charge in [0.2, 0.25) is 10.0 Å². The Morgan fingerprint density at radius 2 is 2.04 bits per heavy atom. The van der Waals surface area contributed by atoms with Gasteiger partial charge in [-0.15, -0.1) is 23.1 Å². The van der Waals surface area contributed by atoms with Gasteiger partial charge in [-0.25, -0.2) is 13.4 Å². The molecule has 2 aromatic heterocycles. The molecule has 0 bridgehead atoms. The highest BCUT2D eigenvalue weighted by atomic mass is 32.2. The van der Waals surface area contributed by atoms with Crippen LogP contribution in [0.1, 0.15) is 35.4 Å². The Bertz CT molecular complexity index is 796. The van der Waals surface area contributed by atoms with Crippen LogP contribution in [0.2, 0.25) is 0 Å². The average Bonchev–Trinajstić information content (AvgIpc) is 3.32. The Hall–Kier alpha value is -1.22. The number of carbonyl (C=O) groups excluding carboxylic acids is 1. The number of hydrogen-bond acceptors (Lipinski definition) is 6. The number of thioether (sulfide) groups is 1. The van der Waals surface area contributed by atoms with Gasteiger partial charge < -0.3 is 0 Å². The van der Waals surface area contributed by atoms with Crippen molar-refractivity contribution in [3.8, 4) is 0 Å². The maximum Gasteiger partial charge on any atom is 0.244 e. The summed E-state index contributed by atoms with van der Waals surface area (Å²) in [5.74, 6) is 0.957. The lowest BCUT2D eigenvalue weighted by molar-refractivity contribution is 0.0986. The number of rotatable bonds is 8. The third kappa shape index (κ3) is 4.69. The van der Waals surface area contributed by atoms with E-state index in [1.807, 2.05) is 17.5 Å². The van der Waals surface area contributed by atoms with Gasteiger partial charge in [0.05, 0.1) is 9.90 Å². The maximum absolute atomic E-state index is 12.4. The summed E-state index contributed by atoms with van der Waals surface area (Å²) in [6.45, 7) is 1.19. The highest BCUT2D eigenvalue weighted by Gasteiger charge is 2.27. The minimum absolute atomic E-state index is 0.176. The maximum atomic E-state index is 12.4. The number of thiophene rings is 1. The molecule has 0 spiro atoms. The van der Waals surface area contributed by atoms with E-state index >= 15 is 0 Å². The van der Waals surface area contributed by atoms with Crippen LogP contribution in [0.15, 0.2) is 45.8 Å². The second-order valence-electron chi connectivity index (χ2n) is 5.80. The Labute approximate surface area is 156 Å². The van der Waals surface area contributed by atoms with Crippen LogP contribution in [0, 0.1) is 0 Å². The molecule has 0 aliphatic carbocycles. The number of pyridine rings is 1. The third-order valence-corrected chi connectivity index (χ3v) is 7.83. The van der Waals surface area contributed by atoms with E-state index in [2.05, 4.69) is 4.98 Å². The molecule has 1 fully saturated rings. The number of Topliss-reactive ketones (excluding diaryl/α,β-unsaturated/α-hetero) is 1. The largest absolute Gasteiger partial charge is 0.293 e. The quantitative estimate of drug-likeness (QED) is 0.387. The predicted octanol–water partition coefficient (Wildman–Crippen LogP) is 3.68. The molecule has 0 atom stereocenters. The smallest absolute Gasteiger partial charge is 0.244 e. The van der Waals surface area contributed by atoms with Gasteiger partial charge >= 0.3 is 0 Å². The van der Waals surface area contributed by atoms with Crippen LogP contribution in [0.25, 0.3) is 0 Å². The van der Waals surface area contributed by atoms with Gasteiger partial charge in [-0.1, -0.05) is 6.07 Å². The van der Waals surface area contributed by atoms with Crippen molar-refractivity contribution in [1.29, 1.82) is 0 Å². The Balaban J connectivity index is 1.48. The van der Waals surface area contributed by atoms with E-state index in [9.17, 15) is 13.2 Å². The first kappa shape index (κ1) is 18.6. The predicted molar refractivity (Wildman–Crippen MR) is 101 cm³/mol. The standard InChI is InChI=1S/C17H20N2O3S3/c20-15(16-6-4-11-23-16)5-3-12-24-17-8-7-14(13-18-17)25(21,22)19-9-1-2-10-19/h4,6-8,11,13H,1-3,5,9-10,12H2. The summed E-state index contributed by atoms with van der Waals surface area (Å²) in [6, 6.07) is 7.10. The molecule has 0 radical (unpaired) electrons. The van der Waals surface area contributed by atoms with Crippen LogP contribution < -0.4 is 0 Å². The van der Waals surface area contributed by atoms with Crippen molar-refractivity contribution >= 4 is 38.9 Å². The minimum Gasteiger partial charge on any atom is -0.293 e. The zero-order valence-corrected chi connectivity index (χ0v) is 16.2. The Kier molecular flexibility index (Phi) is 6.27. The van der Waals surface area contributed by atoms with Crippen molar-refractivity contribution in [3.05, 3.63) is 40.7 Å². The molecule has 5 nitrogen and oxygen atoms in total. The minimum atomic E-state index is -3.40. The van der Waals surface area contributed by atoms with Crippen molar-refractivity contribution in [1.82, 2.24) is 9.29 Å². The van der Waals surface area contributed by atoms with Crippen molar-refractivity contribution in [2.24, 2.45) is 0 Å². The van der Waals surface area contributed by atoms with Gasteiger partial charge in [0.1, 0.15) is 4.90 Å². The molecule has 8 heteroatoms. The van der Waals surface area contributed by atoms with Crippen LogP contribution in [0.3, 0.4) is 0 Å². The molecule has 0 amide bonds. The number of aromatic nitrogens is 1. The van der Waals surface area contributed by atoms with Gasteiger partial charge in [-0.3, -0.25) is 4.79 Å². The fourth-order valence-corrected chi connectivity index (χ4v) is 5.60. The van der Waals surface area contributed by atoms with Crippen molar-refractivity contribution in [3.63, 3.8) is 0 Å². The summed E-state index contributed by atoms with van der Waals surface area (Å²) in [4.78, 5) is 17.2. The SMILES string of the molecule is O=C(CCCSc1ccc(S(=O)(=O)N2CCCC2)cn1)c1cccs1. The first-order valence-corrected chi connectivity index (χ1v) is 11.5. The molecule has 25 heavy (non-hydrogen) atoms. The summed E-state index contributed by atoms with van der Waals surface area (Å²) >= 11 is 3.01. The van der Waals surface area contributed by atoms with Crippen molar-refractivity contribution < 1.29 is 13.2 Å². The topological polar surface area (TPSA) is 67.3 Å². The molecule has 3 heterocycles. The molecule has 1 aliphatic heterocycles. The fourth-order valence-electron chi connectivity index (χ4n) is 2.65. The zero-order valence-electron chi connectivity index (χ0n) is 13.8. The van der Waals surface area contributed by atoms with Gasteiger partial charge in [-0.05, 0) is 48.6 Å². The third-order valence-electron chi connectivity index (χ3n) is 4.01. The molecule has 1 saturated heterocycles. The normalized spacial score (nSPS) is 15.5. The van der Waals surface area contributed by atoms with Crippen molar-refractivity contribution in [2.45, 2.75) is 35.6 Å². The lowest BCUT2D eigenvalue weighted by Crippen LogP contribution is -2.27. The van der Waals surface area contributed by atoms with Gasteiger partial charge in [0.25, 0.3) is 0 Å². The molecular weight excluding hydrogens is 376 g/mol. The zero-order chi connectivity index (χ0) is 17.7. The van der Waals surface area contributed by atoms with Crippen molar-refractivity contribution in [2.75, 3.05) is 18.8 Å². The van der Waals surface area contributed by atoms with Gasteiger partial charge in [0, 0.05) is 25.7 Å². The van der Waals surface area contributed by atoms with E-state index in [-0.39, 0.29) is 10.7 Å². The molecule has 0 aromatic carbocycles. The number of ketones is 1. The van der Waals surface area contributed by atoms with Crippen LogP contribution in [-0.4, -0.2) is 42.3 Å². The highest BCUT2D eigenvalue weighted by Crippen LogP contribution is 2.23. The summed E-state index contributed by atoms with van der Waals surface area (Å²) in [6.07, 6.45) is 4.58. The number of hydrogen-bond donors (Lipinski definition) is 0. The summed E-state index contributed by atoms with van der Waals surface area (Å²) in [5.41, 5.74) is 0. The van der Waals surface area contributed by atoms with E-state index in [0.717, 1.165) is 34.9 Å². The molecule has 0 saturated carbocycles.